The Morgan fingerprint density at radius 2 is 2.00 bits per heavy atom. The van der Waals surface area contributed by atoms with Crippen LogP contribution in [0.15, 0.2) is 51.9 Å². The summed E-state index contributed by atoms with van der Waals surface area (Å²) >= 11 is 1.46. The first-order valence-electron chi connectivity index (χ1n) is 7.31. The third-order valence-corrected chi connectivity index (χ3v) is 4.49. The Hall–Kier alpha value is -1.85. The highest BCUT2D eigenvalue weighted by Gasteiger charge is 2.26. The quantitative estimate of drug-likeness (QED) is 0.787. The van der Waals surface area contributed by atoms with Crippen LogP contribution in [0.25, 0.3) is 6.08 Å². The minimum absolute atomic E-state index is 0.146. The molecule has 22 heavy (non-hydrogen) atoms. The normalized spacial score (nSPS) is 21.4. The number of amidine groups is 1. The fourth-order valence-electron chi connectivity index (χ4n) is 2.35. The molecule has 0 aliphatic carbocycles. The highest BCUT2D eigenvalue weighted by atomic mass is 32.2. The fourth-order valence-corrected chi connectivity index (χ4v) is 3.36. The molecule has 1 amide bonds. The molecule has 1 saturated heterocycles. The molecule has 0 spiro atoms. The molecule has 0 atom stereocenters. The molecule has 1 fully saturated rings. The van der Waals surface area contributed by atoms with Crippen molar-refractivity contribution in [3.8, 4) is 0 Å². The molecule has 1 aromatic rings. The first kappa shape index (κ1) is 15.1. The predicted octanol–water partition coefficient (Wildman–Crippen LogP) is 2.94. The van der Waals surface area contributed by atoms with Gasteiger partial charge >= 0.3 is 0 Å². The van der Waals surface area contributed by atoms with Crippen LogP contribution < -0.4 is 0 Å². The van der Waals surface area contributed by atoms with Gasteiger partial charge in [-0.1, -0.05) is 36.4 Å². The lowest BCUT2D eigenvalue weighted by Gasteiger charge is -2.27. The van der Waals surface area contributed by atoms with Gasteiger partial charge in [-0.3, -0.25) is 4.79 Å². The molecule has 0 unspecified atom stereocenters. The Bertz CT molecular complexity index is 644. The van der Waals surface area contributed by atoms with Crippen LogP contribution in [0.3, 0.4) is 0 Å². The van der Waals surface area contributed by atoms with Crippen LogP contribution in [0.4, 0.5) is 0 Å². The van der Waals surface area contributed by atoms with Gasteiger partial charge in [0.15, 0.2) is 5.17 Å². The largest absolute Gasteiger partial charge is 0.378 e. The fraction of sp³-hybridized carbons (Fsp3) is 0.294. The number of carbonyl (C=O) groups is 1. The van der Waals surface area contributed by atoms with Crippen molar-refractivity contribution in [3.63, 3.8) is 0 Å². The maximum atomic E-state index is 12.1. The lowest BCUT2D eigenvalue weighted by Crippen LogP contribution is -2.38. The summed E-state index contributed by atoms with van der Waals surface area (Å²) in [7, 11) is 0. The second-order valence-corrected chi connectivity index (χ2v) is 6.22. The van der Waals surface area contributed by atoms with Gasteiger partial charge in [0, 0.05) is 13.1 Å². The van der Waals surface area contributed by atoms with Crippen molar-refractivity contribution >= 4 is 28.9 Å². The number of ether oxygens (including phenoxy) is 1. The number of aliphatic imine (C=N–C) groups is 1. The summed E-state index contributed by atoms with van der Waals surface area (Å²) in [6, 6.07) is 10.1. The van der Waals surface area contributed by atoms with Gasteiger partial charge in [-0.2, -0.15) is 4.99 Å². The van der Waals surface area contributed by atoms with E-state index in [0.717, 1.165) is 29.4 Å². The molecule has 2 aliphatic rings. The molecule has 2 heterocycles. The number of morpholine rings is 1. The van der Waals surface area contributed by atoms with Gasteiger partial charge in [0.25, 0.3) is 5.91 Å². The van der Waals surface area contributed by atoms with Crippen LogP contribution in [-0.2, 0) is 9.53 Å². The zero-order valence-corrected chi connectivity index (χ0v) is 13.3. The van der Waals surface area contributed by atoms with Gasteiger partial charge in [0.1, 0.15) is 0 Å². The van der Waals surface area contributed by atoms with E-state index < -0.39 is 0 Å². The van der Waals surface area contributed by atoms with Gasteiger partial charge in [0.05, 0.1) is 18.1 Å². The van der Waals surface area contributed by atoms with E-state index >= 15 is 0 Å². The molecule has 1 aromatic carbocycles. The summed E-state index contributed by atoms with van der Waals surface area (Å²) in [5.41, 5.74) is 2.17. The van der Waals surface area contributed by atoms with E-state index in [1.807, 2.05) is 43.3 Å². The van der Waals surface area contributed by atoms with Gasteiger partial charge in [-0.25, -0.2) is 0 Å². The van der Waals surface area contributed by atoms with Crippen LogP contribution in [0.5, 0.6) is 0 Å². The predicted molar refractivity (Wildman–Crippen MR) is 90.6 cm³/mol. The number of benzene rings is 1. The molecule has 0 saturated carbocycles. The highest BCUT2D eigenvalue weighted by molar-refractivity contribution is 8.18. The topological polar surface area (TPSA) is 41.9 Å². The zero-order chi connectivity index (χ0) is 15.4. The average Bonchev–Trinajstić information content (AvgIpc) is 2.90. The van der Waals surface area contributed by atoms with E-state index in [2.05, 4.69) is 16.0 Å². The van der Waals surface area contributed by atoms with E-state index in [0.29, 0.717) is 18.1 Å². The smallest absolute Gasteiger partial charge is 0.286 e. The van der Waals surface area contributed by atoms with Crippen molar-refractivity contribution in [3.05, 3.63) is 52.4 Å². The molecule has 5 heteroatoms. The molecule has 114 valence electrons. The molecule has 2 aliphatic heterocycles. The lowest BCUT2D eigenvalue weighted by molar-refractivity contribution is -0.113. The molecule has 0 aromatic heterocycles. The summed E-state index contributed by atoms with van der Waals surface area (Å²) in [6.45, 7) is 4.98. The number of hydrogen-bond acceptors (Lipinski definition) is 4. The van der Waals surface area contributed by atoms with Crippen LogP contribution in [-0.4, -0.2) is 42.3 Å². The van der Waals surface area contributed by atoms with E-state index in [9.17, 15) is 4.79 Å². The monoisotopic (exact) mass is 314 g/mol. The number of rotatable bonds is 2. The summed E-state index contributed by atoms with van der Waals surface area (Å²) in [6.07, 6.45) is 3.98. The van der Waals surface area contributed by atoms with Crippen LogP contribution in [0, 0.1) is 0 Å². The maximum Gasteiger partial charge on any atom is 0.286 e. The molecule has 3 rings (SSSR count). The summed E-state index contributed by atoms with van der Waals surface area (Å²) in [5, 5.41) is 0.798. The van der Waals surface area contributed by atoms with Gasteiger partial charge < -0.3 is 9.64 Å². The van der Waals surface area contributed by atoms with Crippen molar-refractivity contribution in [2.24, 2.45) is 4.99 Å². The number of hydrogen-bond donors (Lipinski definition) is 0. The first-order chi connectivity index (χ1) is 10.7. The Morgan fingerprint density at radius 1 is 1.27 bits per heavy atom. The minimum Gasteiger partial charge on any atom is -0.378 e. The molecule has 4 nitrogen and oxygen atoms in total. The maximum absolute atomic E-state index is 12.1. The summed E-state index contributed by atoms with van der Waals surface area (Å²) < 4.78 is 5.33. The van der Waals surface area contributed by atoms with E-state index in [1.165, 1.54) is 11.8 Å². The summed E-state index contributed by atoms with van der Waals surface area (Å²) in [4.78, 5) is 19.0. The van der Waals surface area contributed by atoms with E-state index in [1.54, 1.807) is 0 Å². The first-order valence-corrected chi connectivity index (χ1v) is 8.12. The highest BCUT2D eigenvalue weighted by Crippen LogP contribution is 2.30. The number of nitrogens with zero attached hydrogens (tertiary/aromatic N) is 2. The van der Waals surface area contributed by atoms with Gasteiger partial charge in [0.2, 0.25) is 0 Å². The Balaban J connectivity index is 1.71. The molecular weight excluding hydrogens is 296 g/mol. The lowest BCUT2D eigenvalue weighted by atomic mass is 10.1. The zero-order valence-electron chi connectivity index (χ0n) is 12.5. The number of carbonyl (C=O) groups excluding carboxylic acids is 1. The molecule has 0 bridgehead atoms. The van der Waals surface area contributed by atoms with Gasteiger partial charge in [-0.05, 0) is 35.9 Å². The average molecular weight is 314 g/mol. The second kappa shape index (κ2) is 6.94. The SMILES string of the molecule is CC(=C/c1ccccc1)/C=C1\SC(N2CCOCC2)=NC1=O. The Kier molecular flexibility index (Phi) is 4.75. The number of thioether (sulfide) groups is 1. The third-order valence-electron chi connectivity index (χ3n) is 3.44. The Labute approximate surface area is 134 Å². The molecule has 0 N–H and O–H groups in total. The molecule has 0 radical (unpaired) electrons. The standard InChI is InChI=1S/C17H18N2O2S/c1-13(11-14-5-3-2-4-6-14)12-15-16(20)18-17(22-15)19-7-9-21-10-8-19/h2-6,11-12H,7-10H2,1H3/b13-11-,15-12-. The van der Waals surface area contributed by atoms with Crippen molar-refractivity contribution in [1.82, 2.24) is 4.90 Å². The number of amides is 1. The van der Waals surface area contributed by atoms with Crippen LogP contribution >= 0.6 is 11.8 Å². The van der Waals surface area contributed by atoms with Crippen LogP contribution in [0.2, 0.25) is 0 Å². The number of allylic oxidation sites excluding steroid dienone is 2. The molecular formula is C17H18N2O2S. The van der Waals surface area contributed by atoms with Gasteiger partial charge in [-0.15, -0.1) is 0 Å². The van der Waals surface area contributed by atoms with Crippen molar-refractivity contribution in [1.29, 1.82) is 0 Å². The van der Waals surface area contributed by atoms with E-state index in [-0.39, 0.29) is 5.91 Å². The van der Waals surface area contributed by atoms with Crippen LogP contribution in [0.1, 0.15) is 12.5 Å². The minimum atomic E-state index is -0.146. The second-order valence-electron chi connectivity index (χ2n) is 5.21. The Morgan fingerprint density at radius 3 is 2.73 bits per heavy atom. The third kappa shape index (κ3) is 3.67. The van der Waals surface area contributed by atoms with Crippen molar-refractivity contribution < 1.29 is 9.53 Å². The van der Waals surface area contributed by atoms with Crippen molar-refractivity contribution in [2.75, 3.05) is 26.3 Å². The van der Waals surface area contributed by atoms with Crippen molar-refractivity contribution in [2.45, 2.75) is 6.92 Å². The summed E-state index contributed by atoms with van der Waals surface area (Å²) in [5.74, 6) is -0.146. The van der Waals surface area contributed by atoms with E-state index in [4.69, 9.17) is 4.74 Å².